The van der Waals surface area contributed by atoms with E-state index in [-0.39, 0.29) is 12.1 Å². The largest absolute Gasteiger partial charge is 0.489 e. The minimum Gasteiger partial charge on any atom is -0.489 e. The fraction of sp³-hybridized carbons (Fsp3) is 0.480. The lowest BCUT2D eigenvalue weighted by molar-refractivity contribution is 0.0508. The summed E-state index contributed by atoms with van der Waals surface area (Å²) in [5.41, 5.74) is 1.87. The van der Waals surface area contributed by atoms with E-state index >= 15 is 0 Å². The first-order valence-corrected chi connectivity index (χ1v) is 10.8. The Balaban J connectivity index is 1.94. The van der Waals surface area contributed by atoms with Gasteiger partial charge in [-0.25, -0.2) is 4.79 Å². The lowest BCUT2D eigenvalue weighted by atomic mass is 10.0. The van der Waals surface area contributed by atoms with E-state index in [2.05, 4.69) is 48.3 Å². The Bertz CT molecular complexity index is 750. The maximum Gasteiger partial charge on any atom is 0.407 e. The van der Waals surface area contributed by atoms with Crippen LogP contribution in [0.4, 0.5) is 4.79 Å². The first kappa shape index (κ1) is 23.7. The Kier molecular flexibility index (Phi) is 9.18. The Labute approximate surface area is 181 Å². The van der Waals surface area contributed by atoms with Crippen LogP contribution in [0, 0.1) is 0 Å². The molecular formula is C25H36N2O3. The second kappa shape index (κ2) is 11.6. The predicted octanol–water partition coefficient (Wildman–Crippen LogP) is 5.04. The van der Waals surface area contributed by atoms with Crippen LogP contribution in [0.3, 0.4) is 0 Å². The number of likely N-dealkylation sites (N-methyl/N-ethyl adjacent to an activating group) is 1. The maximum atomic E-state index is 12.1. The molecule has 0 bridgehead atoms. The predicted molar refractivity (Wildman–Crippen MR) is 122 cm³/mol. The molecule has 0 aliphatic carbocycles. The molecule has 0 saturated heterocycles. The van der Waals surface area contributed by atoms with Gasteiger partial charge in [-0.1, -0.05) is 56.3 Å². The number of nitrogens with one attached hydrogen (secondary N) is 1. The van der Waals surface area contributed by atoms with Crippen LogP contribution >= 0.6 is 0 Å². The highest BCUT2D eigenvalue weighted by Crippen LogP contribution is 2.17. The number of hydrogen-bond acceptors (Lipinski definition) is 4. The van der Waals surface area contributed by atoms with Crippen LogP contribution in [-0.4, -0.2) is 42.3 Å². The van der Waals surface area contributed by atoms with Crippen LogP contribution in [0.2, 0.25) is 0 Å². The molecule has 5 nitrogen and oxygen atoms in total. The highest BCUT2D eigenvalue weighted by molar-refractivity contribution is 5.67. The Morgan fingerprint density at radius 1 is 0.967 bits per heavy atom. The van der Waals surface area contributed by atoms with Crippen LogP contribution in [0.15, 0.2) is 54.6 Å². The standard InChI is InChI=1S/C25H36N2O3/c1-6-27(7-2)22(18-26-24(28)30-25(3,4)5)17-20-13-15-23(16-14-20)29-19-21-11-9-8-10-12-21/h8-16,22H,6-7,17-19H2,1-5H3,(H,26,28)/t22-/m1/s1. The maximum absolute atomic E-state index is 12.1. The lowest BCUT2D eigenvalue weighted by Gasteiger charge is -2.30. The highest BCUT2D eigenvalue weighted by atomic mass is 16.6. The lowest BCUT2D eigenvalue weighted by Crippen LogP contribution is -2.46. The van der Waals surface area contributed by atoms with Crippen molar-refractivity contribution < 1.29 is 14.3 Å². The van der Waals surface area contributed by atoms with E-state index in [1.807, 2.05) is 51.1 Å². The molecule has 0 aliphatic heterocycles. The molecule has 164 valence electrons. The number of ether oxygens (including phenoxy) is 2. The van der Waals surface area contributed by atoms with Crippen molar-refractivity contribution >= 4 is 6.09 Å². The van der Waals surface area contributed by atoms with Crippen molar-refractivity contribution in [1.82, 2.24) is 10.2 Å². The Morgan fingerprint density at radius 2 is 1.60 bits per heavy atom. The molecule has 5 heteroatoms. The molecule has 1 N–H and O–H groups in total. The topological polar surface area (TPSA) is 50.8 Å². The summed E-state index contributed by atoms with van der Waals surface area (Å²) < 4.78 is 11.3. The second-order valence-electron chi connectivity index (χ2n) is 8.38. The summed E-state index contributed by atoms with van der Waals surface area (Å²) in [7, 11) is 0. The zero-order valence-electron chi connectivity index (χ0n) is 19.0. The number of carbonyl (C=O) groups excluding carboxylic acids is 1. The normalized spacial score (nSPS) is 12.5. The second-order valence-corrected chi connectivity index (χ2v) is 8.38. The van der Waals surface area contributed by atoms with Gasteiger partial charge in [0, 0.05) is 12.6 Å². The number of carbonyl (C=O) groups is 1. The summed E-state index contributed by atoms with van der Waals surface area (Å²) in [5.74, 6) is 0.855. The number of hydrogen-bond donors (Lipinski definition) is 1. The van der Waals surface area contributed by atoms with E-state index in [9.17, 15) is 4.79 Å². The van der Waals surface area contributed by atoms with Crippen LogP contribution in [0.5, 0.6) is 5.75 Å². The third-order valence-corrected chi connectivity index (χ3v) is 4.85. The quantitative estimate of drug-likeness (QED) is 0.594. The molecule has 0 radical (unpaired) electrons. The van der Waals surface area contributed by atoms with Gasteiger partial charge in [0.25, 0.3) is 0 Å². The van der Waals surface area contributed by atoms with Crippen LogP contribution < -0.4 is 10.1 Å². The zero-order chi connectivity index (χ0) is 22.0. The highest BCUT2D eigenvalue weighted by Gasteiger charge is 2.20. The number of rotatable bonds is 10. The van der Waals surface area contributed by atoms with E-state index in [0.29, 0.717) is 13.2 Å². The van der Waals surface area contributed by atoms with Crippen molar-refractivity contribution in [2.75, 3.05) is 19.6 Å². The minimum absolute atomic E-state index is 0.198. The van der Waals surface area contributed by atoms with Gasteiger partial charge in [-0.05, 0) is 63.5 Å². The first-order valence-electron chi connectivity index (χ1n) is 10.8. The van der Waals surface area contributed by atoms with E-state index in [0.717, 1.165) is 30.8 Å². The van der Waals surface area contributed by atoms with Crippen LogP contribution in [0.1, 0.15) is 45.7 Å². The third-order valence-electron chi connectivity index (χ3n) is 4.85. The van der Waals surface area contributed by atoms with Gasteiger partial charge >= 0.3 is 6.09 Å². The monoisotopic (exact) mass is 412 g/mol. The Hall–Kier alpha value is -2.53. The SMILES string of the molecule is CCN(CC)[C@@H](CNC(=O)OC(C)(C)C)Cc1ccc(OCc2ccccc2)cc1. The zero-order valence-corrected chi connectivity index (χ0v) is 19.0. The average molecular weight is 413 g/mol. The smallest absolute Gasteiger partial charge is 0.407 e. The van der Waals surface area contributed by atoms with E-state index in [1.165, 1.54) is 5.56 Å². The molecule has 1 amide bonds. The van der Waals surface area contributed by atoms with E-state index in [1.54, 1.807) is 0 Å². The molecular weight excluding hydrogens is 376 g/mol. The van der Waals surface area contributed by atoms with Gasteiger partial charge in [0.05, 0.1) is 0 Å². The molecule has 0 saturated carbocycles. The molecule has 0 heterocycles. The van der Waals surface area contributed by atoms with Gasteiger partial charge in [-0.15, -0.1) is 0 Å². The fourth-order valence-electron chi connectivity index (χ4n) is 3.32. The van der Waals surface area contributed by atoms with Crippen molar-refractivity contribution in [3.63, 3.8) is 0 Å². The van der Waals surface area contributed by atoms with Crippen molar-refractivity contribution in [2.45, 2.75) is 59.3 Å². The minimum atomic E-state index is -0.496. The van der Waals surface area contributed by atoms with Gasteiger partial charge < -0.3 is 14.8 Å². The number of amides is 1. The number of benzene rings is 2. The molecule has 0 aliphatic rings. The molecule has 30 heavy (non-hydrogen) atoms. The molecule has 0 spiro atoms. The third kappa shape index (κ3) is 8.46. The first-order chi connectivity index (χ1) is 14.3. The summed E-state index contributed by atoms with van der Waals surface area (Å²) in [4.78, 5) is 14.4. The van der Waals surface area contributed by atoms with Crippen LogP contribution in [0.25, 0.3) is 0 Å². The summed E-state index contributed by atoms with van der Waals surface area (Å²) in [5, 5.41) is 2.93. The van der Waals surface area contributed by atoms with Gasteiger partial charge in [0.2, 0.25) is 0 Å². The fourth-order valence-corrected chi connectivity index (χ4v) is 3.32. The molecule has 0 aromatic heterocycles. The van der Waals surface area contributed by atoms with Gasteiger partial charge in [-0.2, -0.15) is 0 Å². The average Bonchev–Trinajstić information content (AvgIpc) is 2.71. The summed E-state index contributed by atoms with van der Waals surface area (Å²) in [6, 6.07) is 18.6. The van der Waals surface area contributed by atoms with Crippen LogP contribution in [-0.2, 0) is 17.8 Å². The molecule has 2 aromatic rings. The summed E-state index contributed by atoms with van der Waals surface area (Å²) in [6.07, 6.45) is 0.473. The van der Waals surface area contributed by atoms with Crippen molar-refractivity contribution in [1.29, 1.82) is 0 Å². The van der Waals surface area contributed by atoms with Crippen molar-refractivity contribution in [3.8, 4) is 5.75 Å². The van der Waals surface area contributed by atoms with Crippen molar-refractivity contribution in [2.24, 2.45) is 0 Å². The molecule has 2 rings (SSSR count). The Morgan fingerprint density at radius 3 is 2.17 bits per heavy atom. The molecule has 0 unspecified atom stereocenters. The van der Waals surface area contributed by atoms with E-state index in [4.69, 9.17) is 9.47 Å². The van der Waals surface area contributed by atoms with Gasteiger partial charge in [-0.3, -0.25) is 4.90 Å². The van der Waals surface area contributed by atoms with Gasteiger partial charge in [0.1, 0.15) is 18.0 Å². The summed E-state index contributed by atoms with van der Waals surface area (Å²) >= 11 is 0. The number of alkyl carbamates (subject to hydrolysis) is 1. The number of nitrogens with zero attached hydrogens (tertiary/aromatic N) is 1. The molecule has 0 fully saturated rings. The van der Waals surface area contributed by atoms with Crippen molar-refractivity contribution in [3.05, 3.63) is 65.7 Å². The molecule has 1 atom stereocenters. The van der Waals surface area contributed by atoms with Gasteiger partial charge in [0.15, 0.2) is 0 Å². The summed E-state index contributed by atoms with van der Waals surface area (Å²) in [6.45, 7) is 12.9. The van der Waals surface area contributed by atoms with E-state index < -0.39 is 5.60 Å². The molecule has 2 aromatic carbocycles.